The standard InChI is InChI=1S/C27H31N5O4/c1-16(35-19-5-6-22-21(9-19)20-7-8-34-13-18(20)10-28-22)23-12-32(31-30-23)27-14-26(2,15-27)36-24(27)11-29-25(33)17-3-4-17/h5-6,9-10,12,16-17,24H,3-4,7-8,11,13-15H2,1-2H3,(H,29,33)/t16-,24?,26?,27?/m1/s1. The molecule has 4 fully saturated rings. The summed E-state index contributed by atoms with van der Waals surface area (Å²) in [5.74, 6) is 1.11. The van der Waals surface area contributed by atoms with Crippen molar-refractivity contribution in [2.24, 2.45) is 5.92 Å². The van der Waals surface area contributed by atoms with Crippen LogP contribution in [0.4, 0.5) is 0 Å². The second kappa shape index (κ2) is 7.98. The molecule has 1 N–H and O–H groups in total. The average Bonchev–Trinajstić information content (AvgIpc) is 3.42. The zero-order valence-electron chi connectivity index (χ0n) is 20.7. The highest BCUT2D eigenvalue weighted by atomic mass is 16.5. The van der Waals surface area contributed by atoms with Crippen LogP contribution in [0.5, 0.6) is 5.75 Å². The number of nitrogens with one attached hydrogen (secondary N) is 1. The van der Waals surface area contributed by atoms with Gasteiger partial charge < -0.3 is 19.5 Å². The van der Waals surface area contributed by atoms with Crippen molar-refractivity contribution in [3.63, 3.8) is 0 Å². The van der Waals surface area contributed by atoms with E-state index in [1.807, 2.05) is 36.1 Å². The second-order valence-corrected chi connectivity index (χ2v) is 11.1. The minimum atomic E-state index is -0.273. The van der Waals surface area contributed by atoms with Gasteiger partial charge in [0.2, 0.25) is 5.91 Å². The van der Waals surface area contributed by atoms with E-state index in [1.165, 1.54) is 5.56 Å². The van der Waals surface area contributed by atoms with Crippen molar-refractivity contribution >= 4 is 16.8 Å². The number of hydrogen-bond donors (Lipinski definition) is 1. The van der Waals surface area contributed by atoms with Crippen LogP contribution in [0.15, 0.2) is 30.6 Å². The molecule has 1 aromatic carbocycles. The predicted molar refractivity (Wildman–Crippen MR) is 130 cm³/mol. The highest BCUT2D eigenvalue weighted by molar-refractivity contribution is 5.84. The third-order valence-electron chi connectivity index (χ3n) is 8.29. The van der Waals surface area contributed by atoms with Gasteiger partial charge in [0.25, 0.3) is 0 Å². The largest absolute Gasteiger partial charge is 0.484 e. The second-order valence-electron chi connectivity index (χ2n) is 11.1. The van der Waals surface area contributed by atoms with Crippen LogP contribution >= 0.6 is 0 Å². The Morgan fingerprint density at radius 1 is 1.33 bits per heavy atom. The van der Waals surface area contributed by atoms with Gasteiger partial charge in [0.05, 0.1) is 36.1 Å². The molecule has 3 aliphatic heterocycles. The maximum absolute atomic E-state index is 12.2. The monoisotopic (exact) mass is 489 g/mol. The molecule has 2 aliphatic carbocycles. The molecule has 2 atom stereocenters. The van der Waals surface area contributed by atoms with E-state index in [1.54, 1.807) is 0 Å². The zero-order chi connectivity index (χ0) is 24.5. The van der Waals surface area contributed by atoms with E-state index in [0.29, 0.717) is 13.2 Å². The molecule has 36 heavy (non-hydrogen) atoms. The van der Waals surface area contributed by atoms with Crippen LogP contribution in [0.25, 0.3) is 10.9 Å². The number of carbonyl (C=O) groups excluding carboxylic acids is 1. The van der Waals surface area contributed by atoms with Gasteiger partial charge in [-0.1, -0.05) is 5.21 Å². The summed E-state index contributed by atoms with van der Waals surface area (Å²) < 4.78 is 20.2. The summed E-state index contributed by atoms with van der Waals surface area (Å²) in [5, 5.41) is 13.2. The van der Waals surface area contributed by atoms with Gasteiger partial charge in [-0.25, -0.2) is 4.68 Å². The van der Waals surface area contributed by atoms with Crippen molar-refractivity contribution < 1.29 is 19.0 Å². The lowest BCUT2D eigenvalue weighted by Crippen LogP contribution is -2.53. The Morgan fingerprint density at radius 3 is 3.03 bits per heavy atom. The molecule has 2 saturated carbocycles. The number of fused-ring (bicyclic) bond motifs is 4. The van der Waals surface area contributed by atoms with E-state index in [4.69, 9.17) is 14.2 Å². The first-order valence-corrected chi connectivity index (χ1v) is 13.0. The quantitative estimate of drug-likeness (QED) is 0.544. The van der Waals surface area contributed by atoms with Crippen LogP contribution in [-0.4, -0.2) is 50.7 Å². The van der Waals surface area contributed by atoms with Crippen molar-refractivity contribution in [3.05, 3.63) is 47.4 Å². The smallest absolute Gasteiger partial charge is 0.223 e. The van der Waals surface area contributed by atoms with Crippen LogP contribution < -0.4 is 10.1 Å². The molecule has 0 spiro atoms. The van der Waals surface area contributed by atoms with Crippen LogP contribution in [0, 0.1) is 5.92 Å². The van der Waals surface area contributed by atoms with Gasteiger partial charge >= 0.3 is 0 Å². The minimum absolute atomic E-state index is 0.112. The van der Waals surface area contributed by atoms with Gasteiger partial charge in [-0.3, -0.25) is 9.78 Å². The summed E-state index contributed by atoms with van der Waals surface area (Å²) in [6, 6.07) is 6.04. The number of pyridine rings is 1. The van der Waals surface area contributed by atoms with Crippen molar-refractivity contribution in [1.82, 2.24) is 25.3 Å². The lowest BCUT2D eigenvalue weighted by atomic mass is 9.67. The molecule has 8 rings (SSSR count). The highest BCUT2D eigenvalue weighted by Gasteiger charge is 2.67. The van der Waals surface area contributed by atoms with E-state index in [9.17, 15) is 4.79 Å². The molecule has 1 amide bonds. The van der Waals surface area contributed by atoms with Gasteiger partial charge in [0.15, 0.2) is 0 Å². The Morgan fingerprint density at radius 2 is 2.19 bits per heavy atom. The Labute approximate surface area is 209 Å². The van der Waals surface area contributed by atoms with Crippen molar-refractivity contribution in [2.75, 3.05) is 13.2 Å². The number of carbonyl (C=O) groups is 1. The van der Waals surface area contributed by atoms with Gasteiger partial charge in [0, 0.05) is 36.9 Å². The van der Waals surface area contributed by atoms with Crippen molar-refractivity contribution in [1.29, 1.82) is 0 Å². The normalized spacial score (nSPS) is 29.4. The van der Waals surface area contributed by atoms with E-state index in [-0.39, 0.29) is 35.2 Å². The molecule has 1 unspecified atom stereocenters. The molecule has 2 aromatic heterocycles. The van der Waals surface area contributed by atoms with Crippen LogP contribution in [0.2, 0.25) is 0 Å². The molecule has 2 saturated heterocycles. The molecular formula is C27H31N5O4. The van der Waals surface area contributed by atoms with Crippen LogP contribution in [0.3, 0.4) is 0 Å². The molecule has 2 bridgehead atoms. The molecule has 5 heterocycles. The molecule has 3 aromatic rings. The van der Waals surface area contributed by atoms with Crippen molar-refractivity contribution in [2.45, 2.75) is 75.9 Å². The van der Waals surface area contributed by atoms with Gasteiger partial charge in [-0.15, -0.1) is 5.10 Å². The predicted octanol–water partition coefficient (Wildman–Crippen LogP) is 3.21. The summed E-state index contributed by atoms with van der Waals surface area (Å²) in [4.78, 5) is 16.8. The van der Waals surface area contributed by atoms with Gasteiger partial charge in [-0.2, -0.15) is 0 Å². The lowest BCUT2D eigenvalue weighted by molar-refractivity contribution is -0.123. The Hall–Kier alpha value is -3.04. The van der Waals surface area contributed by atoms with E-state index < -0.39 is 0 Å². The zero-order valence-corrected chi connectivity index (χ0v) is 20.7. The lowest BCUT2D eigenvalue weighted by Gasteiger charge is -2.43. The number of amides is 1. The fourth-order valence-electron chi connectivity index (χ4n) is 6.29. The molecular weight excluding hydrogens is 458 g/mol. The Kier molecular flexibility index (Phi) is 4.92. The number of ether oxygens (including phenoxy) is 3. The summed E-state index contributed by atoms with van der Waals surface area (Å²) in [7, 11) is 0. The number of aromatic nitrogens is 4. The maximum atomic E-state index is 12.2. The number of rotatable bonds is 7. The van der Waals surface area contributed by atoms with E-state index in [0.717, 1.165) is 66.6 Å². The number of nitrogens with zero attached hydrogens (tertiary/aromatic N) is 4. The minimum Gasteiger partial charge on any atom is -0.484 e. The van der Waals surface area contributed by atoms with Crippen molar-refractivity contribution in [3.8, 4) is 5.75 Å². The third-order valence-corrected chi connectivity index (χ3v) is 8.29. The first-order chi connectivity index (χ1) is 17.4. The van der Waals surface area contributed by atoms with E-state index in [2.05, 4.69) is 33.6 Å². The number of benzene rings is 1. The summed E-state index contributed by atoms with van der Waals surface area (Å²) in [6.45, 7) is 5.97. The topological polar surface area (TPSA) is 100 Å². The van der Waals surface area contributed by atoms with Crippen LogP contribution in [-0.2, 0) is 32.8 Å². The summed E-state index contributed by atoms with van der Waals surface area (Å²) in [6.07, 6.45) is 8.13. The van der Waals surface area contributed by atoms with Gasteiger partial charge in [0.1, 0.15) is 23.7 Å². The molecule has 5 aliphatic rings. The SMILES string of the molecule is C[C@@H](Oc1ccc2ncc3c(c2c1)CCOC3)c1cn(C23CC(C)(C2)OC3CNC(=O)C2CC2)nn1. The fourth-order valence-corrected chi connectivity index (χ4v) is 6.29. The first kappa shape index (κ1) is 22.2. The van der Waals surface area contributed by atoms with E-state index >= 15 is 0 Å². The molecule has 9 heteroatoms. The van der Waals surface area contributed by atoms with Gasteiger partial charge in [-0.05, 0) is 62.4 Å². The highest BCUT2D eigenvalue weighted by Crippen LogP contribution is 2.59. The average molecular weight is 490 g/mol. The summed E-state index contributed by atoms with van der Waals surface area (Å²) >= 11 is 0. The maximum Gasteiger partial charge on any atom is 0.223 e. The molecule has 188 valence electrons. The third kappa shape index (κ3) is 3.59. The molecule has 0 radical (unpaired) electrons. The summed E-state index contributed by atoms with van der Waals surface area (Å²) in [5.41, 5.74) is 3.75. The number of hydrogen-bond acceptors (Lipinski definition) is 7. The molecule has 9 nitrogen and oxygen atoms in total. The Bertz CT molecular complexity index is 1340. The first-order valence-electron chi connectivity index (χ1n) is 13.0. The van der Waals surface area contributed by atoms with Crippen LogP contribution in [0.1, 0.15) is 62.5 Å². The fraction of sp³-hybridized carbons (Fsp3) is 0.556. The Balaban J connectivity index is 1.09.